The van der Waals surface area contributed by atoms with E-state index >= 15 is 0 Å². The number of carbonyl (C=O) groups excluding carboxylic acids is 1. The lowest BCUT2D eigenvalue weighted by molar-refractivity contribution is -0.147. The third-order valence-electron chi connectivity index (χ3n) is 3.25. The summed E-state index contributed by atoms with van der Waals surface area (Å²) in [6.07, 6.45) is -0.165. The van der Waals surface area contributed by atoms with Gasteiger partial charge in [0.1, 0.15) is 0 Å². The van der Waals surface area contributed by atoms with Crippen LogP contribution in [0.15, 0.2) is 0 Å². The number of imidazole rings is 1. The molecule has 1 aliphatic rings. The highest BCUT2D eigenvalue weighted by Gasteiger charge is 2.41. The number of amides is 1. The molecule has 1 aliphatic heterocycles. The van der Waals surface area contributed by atoms with Gasteiger partial charge in [-0.2, -0.15) is 24.9 Å². The molecule has 0 atom stereocenters. The molecule has 1 N–H and O–H groups in total. The number of carboxylic acid groups (broad SMARTS) is 1. The summed E-state index contributed by atoms with van der Waals surface area (Å²) in [5.74, 6) is -2.78. The zero-order valence-corrected chi connectivity index (χ0v) is 21.1. The van der Waals surface area contributed by atoms with Gasteiger partial charge in [0.05, 0.1) is 17.8 Å². The molecular formula is C20H38F3N3O4S. The maximum absolute atomic E-state index is 12.7. The molecule has 0 bridgehead atoms. The summed E-state index contributed by atoms with van der Waals surface area (Å²) in [5, 5.41) is 8.83. The molecule has 0 unspecified atom stereocenters. The Hall–Kier alpha value is -1.75. The molecule has 0 fully saturated rings. The van der Waals surface area contributed by atoms with Gasteiger partial charge in [0.25, 0.3) is 0 Å². The summed E-state index contributed by atoms with van der Waals surface area (Å²) >= 11 is 1.75. The number of thioether (sulfide) groups is 1. The largest absolute Gasteiger partial charge is 0.476 e. The molecule has 0 radical (unpaired) electrons. The van der Waals surface area contributed by atoms with Gasteiger partial charge in [-0.1, -0.05) is 27.7 Å². The van der Waals surface area contributed by atoms with Gasteiger partial charge in [0, 0.05) is 20.2 Å². The maximum Gasteiger partial charge on any atom is 0.449 e. The van der Waals surface area contributed by atoms with E-state index in [1.807, 2.05) is 61.0 Å². The normalized spacial score (nSPS) is 12.2. The van der Waals surface area contributed by atoms with Crippen molar-refractivity contribution < 1.29 is 32.6 Å². The van der Waals surface area contributed by atoms with E-state index in [4.69, 9.17) is 9.84 Å². The molecule has 7 nitrogen and oxygen atoms in total. The number of methoxy groups -OCH3 is 1. The molecular weight excluding hydrogens is 435 g/mol. The fraction of sp³-hybridized carbons (Fsp3) is 0.750. The molecule has 2 heterocycles. The van der Waals surface area contributed by atoms with Crippen molar-refractivity contribution in [1.29, 1.82) is 0 Å². The first kappa shape index (κ1) is 33.9. The Kier molecular flexibility index (Phi) is 18.4. The van der Waals surface area contributed by atoms with Gasteiger partial charge in [-0.3, -0.25) is 4.79 Å². The topological polar surface area (TPSA) is 84.7 Å². The lowest BCUT2D eigenvalue weighted by Gasteiger charge is -2.26. The number of hydrogen-bond donors (Lipinski definition) is 1. The predicted octanol–water partition coefficient (Wildman–Crippen LogP) is 5.04. The van der Waals surface area contributed by atoms with E-state index in [0.29, 0.717) is 6.41 Å². The van der Waals surface area contributed by atoms with Crippen LogP contribution in [0.3, 0.4) is 0 Å². The summed E-state index contributed by atoms with van der Waals surface area (Å²) in [6.45, 7) is 13.8. The lowest BCUT2D eigenvalue weighted by Crippen LogP contribution is -2.34. The summed E-state index contributed by atoms with van der Waals surface area (Å²) in [5.41, 5.74) is -0.720. The van der Waals surface area contributed by atoms with Gasteiger partial charge >= 0.3 is 12.1 Å². The van der Waals surface area contributed by atoms with Crippen LogP contribution in [0.1, 0.15) is 70.5 Å². The predicted molar refractivity (Wildman–Crippen MR) is 120 cm³/mol. The number of aromatic carboxylic acids is 1. The monoisotopic (exact) mass is 473 g/mol. The zero-order chi connectivity index (χ0) is 25.4. The van der Waals surface area contributed by atoms with Crippen LogP contribution < -0.4 is 0 Å². The lowest BCUT2D eigenvalue weighted by atomic mass is 10.2. The van der Waals surface area contributed by atoms with Crippen LogP contribution in [0.5, 0.6) is 0 Å². The molecule has 11 heteroatoms. The Bertz CT molecular complexity index is 630. The molecule has 0 saturated heterocycles. The average Bonchev–Trinajstić information content (AvgIpc) is 3.11. The van der Waals surface area contributed by atoms with Crippen molar-refractivity contribution in [2.75, 3.05) is 26.2 Å². The smallest absolute Gasteiger partial charge is 0.449 e. The van der Waals surface area contributed by atoms with Crippen molar-refractivity contribution in [3.05, 3.63) is 17.2 Å². The van der Waals surface area contributed by atoms with E-state index in [1.54, 1.807) is 18.9 Å². The Labute approximate surface area is 188 Å². The first-order valence-electron chi connectivity index (χ1n) is 9.86. The Morgan fingerprint density at radius 3 is 1.84 bits per heavy atom. The minimum atomic E-state index is -4.72. The van der Waals surface area contributed by atoms with E-state index in [-0.39, 0.29) is 30.9 Å². The van der Waals surface area contributed by atoms with Gasteiger partial charge in [-0.25, -0.2) is 9.78 Å². The SMILES string of the molecule is CC.CC.COC(C)(C)C.CSC.O=CN1CCn2c(C(F)(F)F)nc(C(=O)O)c2C1. The minimum Gasteiger partial charge on any atom is -0.476 e. The van der Waals surface area contributed by atoms with Crippen molar-refractivity contribution in [2.24, 2.45) is 0 Å². The molecule has 0 spiro atoms. The minimum absolute atomic E-state index is 0.0417. The number of alkyl halides is 3. The van der Waals surface area contributed by atoms with Crippen LogP contribution in [-0.4, -0.2) is 63.7 Å². The number of fused-ring (bicyclic) bond motifs is 1. The van der Waals surface area contributed by atoms with Crippen LogP contribution in [0.25, 0.3) is 0 Å². The van der Waals surface area contributed by atoms with Gasteiger partial charge in [-0.15, -0.1) is 0 Å². The van der Waals surface area contributed by atoms with Crippen molar-refractivity contribution >= 4 is 24.1 Å². The number of nitrogens with zero attached hydrogens (tertiary/aromatic N) is 3. The highest BCUT2D eigenvalue weighted by Crippen LogP contribution is 2.32. The van der Waals surface area contributed by atoms with Crippen molar-refractivity contribution in [2.45, 2.75) is 73.3 Å². The Morgan fingerprint density at radius 1 is 1.13 bits per heavy atom. The van der Waals surface area contributed by atoms with E-state index in [9.17, 15) is 22.8 Å². The average molecular weight is 474 g/mol. The number of aromatic nitrogens is 2. The Morgan fingerprint density at radius 2 is 1.55 bits per heavy atom. The zero-order valence-electron chi connectivity index (χ0n) is 20.3. The third-order valence-corrected chi connectivity index (χ3v) is 3.25. The Balaban J connectivity index is -0.000000505. The van der Waals surface area contributed by atoms with Crippen LogP contribution in [0.4, 0.5) is 13.2 Å². The van der Waals surface area contributed by atoms with E-state index in [2.05, 4.69) is 4.98 Å². The van der Waals surface area contributed by atoms with Crippen LogP contribution in [-0.2, 0) is 28.8 Å². The van der Waals surface area contributed by atoms with Gasteiger partial charge in [0.2, 0.25) is 12.2 Å². The van der Waals surface area contributed by atoms with Crippen LogP contribution in [0.2, 0.25) is 0 Å². The molecule has 1 amide bonds. The molecule has 1 aromatic rings. The van der Waals surface area contributed by atoms with Crippen LogP contribution >= 0.6 is 11.8 Å². The van der Waals surface area contributed by atoms with E-state index in [0.717, 1.165) is 4.57 Å². The number of halogens is 3. The molecule has 0 saturated carbocycles. The first-order valence-corrected chi connectivity index (χ1v) is 11.5. The quantitative estimate of drug-likeness (QED) is 0.606. The second kappa shape index (κ2) is 16.9. The number of carbonyl (C=O) groups is 2. The molecule has 31 heavy (non-hydrogen) atoms. The van der Waals surface area contributed by atoms with Crippen LogP contribution in [0, 0.1) is 0 Å². The fourth-order valence-electron chi connectivity index (χ4n) is 1.87. The molecule has 1 aromatic heterocycles. The highest BCUT2D eigenvalue weighted by atomic mass is 32.2. The number of ether oxygens (including phenoxy) is 1. The summed E-state index contributed by atoms with van der Waals surface area (Å²) in [6, 6.07) is 0. The van der Waals surface area contributed by atoms with E-state index in [1.165, 1.54) is 4.90 Å². The van der Waals surface area contributed by atoms with Gasteiger partial charge in [0.15, 0.2) is 5.69 Å². The molecule has 0 aromatic carbocycles. The first-order chi connectivity index (χ1) is 14.3. The summed E-state index contributed by atoms with van der Waals surface area (Å²) < 4.78 is 43.8. The second-order valence-electron chi connectivity index (χ2n) is 6.49. The maximum atomic E-state index is 12.7. The van der Waals surface area contributed by atoms with Crippen molar-refractivity contribution in [1.82, 2.24) is 14.5 Å². The number of rotatable bonds is 2. The molecule has 184 valence electrons. The number of carboxylic acids is 1. The van der Waals surface area contributed by atoms with Gasteiger partial charge < -0.3 is 19.3 Å². The van der Waals surface area contributed by atoms with E-state index < -0.39 is 23.7 Å². The highest BCUT2D eigenvalue weighted by molar-refractivity contribution is 7.97. The second-order valence-corrected chi connectivity index (χ2v) is 7.30. The summed E-state index contributed by atoms with van der Waals surface area (Å²) in [7, 11) is 1.71. The number of hydrogen-bond acceptors (Lipinski definition) is 5. The molecule has 2 rings (SSSR count). The van der Waals surface area contributed by atoms with Crippen molar-refractivity contribution in [3.8, 4) is 0 Å². The standard InChI is InChI=1S/C9H8F3N3O3.C5H12O.C2H6S.2C2H6/c10-9(11,12)8-13-6(7(17)18)5-3-14(4-16)1-2-15(5)8;1-5(2,3)6-4;1-3-2;2*1-2/h4H,1-3H2,(H,17,18);1-4H3;1-2H3;2*1-2H3. The third kappa shape index (κ3) is 13.3. The van der Waals surface area contributed by atoms with Crippen molar-refractivity contribution in [3.63, 3.8) is 0 Å². The summed E-state index contributed by atoms with van der Waals surface area (Å²) in [4.78, 5) is 25.8. The molecule has 0 aliphatic carbocycles. The fourth-order valence-corrected chi connectivity index (χ4v) is 1.87. The van der Waals surface area contributed by atoms with Gasteiger partial charge in [-0.05, 0) is 33.3 Å².